The summed E-state index contributed by atoms with van der Waals surface area (Å²) in [5.41, 5.74) is 5.13. The lowest BCUT2D eigenvalue weighted by Crippen LogP contribution is -2.53. The smallest absolute Gasteiger partial charge is 0.410 e. The molecule has 0 aromatic carbocycles. The van der Waals surface area contributed by atoms with Crippen LogP contribution in [0.4, 0.5) is 9.18 Å². The topological polar surface area (TPSA) is 55.6 Å². The fraction of sp³-hybridized carbons (Fsp3) is 0.917. The lowest BCUT2D eigenvalue weighted by molar-refractivity contribution is -0.00306. The van der Waals surface area contributed by atoms with Gasteiger partial charge in [-0.25, -0.2) is 9.18 Å². The maximum atomic E-state index is 13.7. The van der Waals surface area contributed by atoms with Crippen LogP contribution in [0.2, 0.25) is 0 Å². The van der Waals surface area contributed by atoms with Crippen molar-refractivity contribution in [1.82, 2.24) is 4.90 Å². The predicted molar refractivity (Wildman–Crippen MR) is 62.3 cm³/mol. The molecule has 2 bridgehead atoms. The molecule has 17 heavy (non-hydrogen) atoms. The van der Waals surface area contributed by atoms with Gasteiger partial charge >= 0.3 is 6.09 Å². The van der Waals surface area contributed by atoms with E-state index in [-0.39, 0.29) is 18.0 Å². The summed E-state index contributed by atoms with van der Waals surface area (Å²) < 4.78 is 19.0. The monoisotopic (exact) mass is 244 g/mol. The molecule has 2 aliphatic rings. The number of fused-ring (bicyclic) bond motifs is 2. The highest BCUT2D eigenvalue weighted by Gasteiger charge is 2.53. The van der Waals surface area contributed by atoms with E-state index < -0.39 is 17.9 Å². The van der Waals surface area contributed by atoms with E-state index in [4.69, 9.17) is 10.5 Å². The van der Waals surface area contributed by atoms with Crippen molar-refractivity contribution >= 4 is 6.09 Å². The first-order chi connectivity index (χ1) is 7.83. The standard InChI is InChI=1S/C12H21FN2O2/c1-12(2,3)17-11(16)15-9-5-7(4-8(9)13)10(15)6-14/h7-10H,4-6,14H2,1-3H3/t7-,8-,9?,10+/m0/s1. The Labute approximate surface area is 101 Å². The highest BCUT2D eigenvalue weighted by Crippen LogP contribution is 2.44. The number of nitrogens with two attached hydrogens (primary N) is 1. The van der Waals surface area contributed by atoms with Crippen LogP contribution in [0.15, 0.2) is 0 Å². The molecule has 1 aliphatic heterocycles. The lowest BCUT2D eigenvalue weighted by Gasteiger charge is -2.37. The third kappa shape index (κ3) is 2.25. The van der Waals surface area contributed by atoms with Gasteiger partial charge < -0.3 is 10.5 Å². The Morgan fingerprint density at radius 1 is 1.47 bits per heavy atom. The second-order valence-corrected chi connectivity index (χ2v) is 6.01. The molecule has 1 unspecified atom stereocenters. The second-order valence-electron chi connectivity index (χ2n) is 6.01. The molecular formula is C12H21FN2O2. The number of piperidine rings is 1. The molecule has 1 saturated carbocycles. The molecule has 1 saturated heterocycles. The Morgan fingerprint density at radius 3 is 2.65 bits per heavy atom. The highest BCUT2D eigenvalue weighted by molar-refractivity contribution is 5.70. The first-order valence-corrected chi connectivity index (χ1v) is 6.19. The minimum atomic E-state index is -0.921. The van der Waals surface area contributed by atoms with Crippen LogP contribution in [0.5, 0.6) is 0 Å². The Balaban J connectivity index is 2.11. The minimum absolute atomic E-state index is 0.0538. The molecule has 0 spiro atoms. The van der Waals surface area contributed by atoms with Crippen LogP contribution in [0.1, 0.15) is 33.6 Å². The number of carbonyl (C=O) groups is 1. The number of hydrogen-bond donors (Lipinski definition) is 1. The summed E-state index contributed by atoms with van der Waals surface area (Å²) >= 11 is 0. The van der Waals surface area contributed by atoms with Crippen LogP contribution in [0.3, 0.4) is 0 Å². The summed E-state index contributed by atoms with van der Waals surface area (Å²) in [7, 11) is 0. The third-order valence-electron chi connectivity index (χ3n) is 3.59. The molecule has 4 nitrogen and oxygen atoms in total. The number of likely N-dealkylation sites (tertiary alicyclic amines) is 1. The third-order valence-corrected chi connectivity index (χ3v) is 3.59. The number of rotatable bonds is 1. The van der Waals surface area contributed by atoms with Crippen molar-refractivity contribution in [1.29, 1.82) is 0 Å². The molecule has 1 amide bonds. The fourth-order valence-corrected chi connectivity index (χ4v) is 2.97. The van der Waals surface area contributed by atoms with Crippen molar-refractivity contribution < 1.29 is 13.9 Å². The molecular weight excluding hydrogens is 223 g/mol. The minimum Gasteiger partial charge on any atom is -0.444 e. The van der Waals surface area contributed by atoms with Gasteiger partial charge in [-0.15, -0.1) is 0 Å². The zero-order valence-corrected chi connectivity index (χ0v) is 10.6. The van der Waals surface area contributed by atoms with Gasteiger partial charge in [0.25, 0.3) is 0 Å². The van der Waals surface area contributed by atoms with Crippen molar-refractivity contribution in [3.63, 3.8) is 0 Å². The summed E-state index contributed by atoms with van der Waals surface area (Å²) in [6.45, 7) is 5.81. The van der Waals surface area contributed by atoms with Crippen LogP contribution in [0.25, 0.3) is 0 Å². The quantitative estimate of drug-likeness (QED) is 0.763. The molecule has 0 aromatic heterocycles. The van der Waals surface area contributed by atoms with Gasteiger partial charge in [-0.05, 0) is 39.5 Å². The van der Waals surface area contributed by atoms with E-state index in [1.165, 1.54) is 4.90 Å². The number of alkyl halides is 1. The normalized spacial score (nSPS) is 36.4. The average molecular weight is 244 g/mol. The highest BCUT2D eigenvalue weighted by atomic mass is 19.1. The van der Waals surface area contributed by atoms with E-state index in [1.54, 1.807) is 0 Å². The van der Waals surface area contributed by atoms with Gasteiger partial charge in [0.15, 0.2) is 0 Å². The fourth-order valence-electron chi connectivity index (χ4n) is 2.97. The van der Waals surface area contributed by atoms with Crippen LogP contribution in [-0.2, 0) is 4.74 Å². The molecule has 1 aliphatic carbocycles. The van der Waals surface area contributed by atoms with E-state index in [0.717, 1.165) is 6.42 Å². The molecule has 5 heteroatoms. The zero-order chi connectivity index (χ0) is 12.8. The summed E-state index contributed by atoms with van der Waals surface area (Å²) in [6, 6.07) is -0.384. The van der Waals surface area contributed by atoms with Crippen LogP contribution >= 0.6 is 0 Å². The van der Waals surface area contributed by atoms with Crippen LogP contribution < -0.4 is 5.73 Å². The van der Waals surface area contributed by atoms with Crippen molar-refractivity contribution in [3.8, 4) is 0 Å². The molecule has 0 aromatic rings. The summed E-state index contributed by atoms with van der Waals surface area (Å²) in [5, 5.41) is 0. The van der Waals surface area contributed by atoms with Gasteiger partial charge in [-0.2, -0.15) is 0 Å². The van der Waals surface area contributed by atoms with Gasteiger partial charge in [-0.3, -0.25) is 4.90 Å². The summed E-state index contributed by atoms with van der Waals surface area (Å²) in [6.07, 6.45) is -0.0909. The average Bonchev–Trinajstić information content (AvgIpc) is 2.69. The number of halogens is 1. The van der Waals surface area contributed by atoms with Crippen LogP contribution in [0, 0.1) is 5.92 Å². The molecule has 2 fully saturated rings. The predicted octanol–water partition coefficient (Wildman–Crippen LogP) is 1.68. The Kier molecular flexibility index (Phi) is 3.06. The maximum absolute atomic E-state index is 13.7. The van der Waals surface area contributed by atoms with Gasteiger partial charge in [-0.1, -0.05) is 0 Å². The lowest BCUT2D eigenvalue weighted by atomic mass is 9.98. The van der Waals surface area contributed by atoms with Gasteiger partial charge in [0, 0.05) is 6.54 Å². The molecule has 1 heterocycles. The molecule has 4 atom stereocenters. The first-order valence-electron chi connectivity index (χ1n) is 6.19. The van der Waals surface area contributed by atoms with E-state index >= 15 is 0 Å². The molecule has 98 valence electrons. The number of ether oxygens (including phenoxy) is 1. The van der Waals surface area contributed by atoms with Crippen molar-refractivity contribution in [2.75, 3.05) is 6.54 Å². The van der Waals surface area contributed by atoms with Crippen molar-refractivity contribution in [2.45, 2.75) is 57.5 Å². The van der Waals surface area contributed by atoms with E-state index in [2.05, 4.69) is 0 Å². The van der Waals surface area contributed by atoms with Gasteiger partial charge in [0.1, 0.15) is 11.8 Å². The number of carbonyl (C=O) groups excluding carboxylic acids is 1. The van der Waals surface area contributed by atoms with E-state index in [1.807, 2.05) is 20.8 Å². The Hall–Kier alpha value is -0.840. The number of amides is 1. The summed E-state index contributed by atoms with van der Waals surface area (Å²) in [5.74, 6) is 0.201. The number of hydrogen-bond acceptors (Lipinski definition) is 3. The van der Waals surface area contributed by atoms with Crippen molar-refractivity contribution in [3.05, 3.63) is 0 Å². The maximum Gasteiger partial charge on any atom is 0.410 e. The summed E-state index contributed by atoms with van der Waals surface area (Å²) in [4.78, 5) is 13.6. The van der Waals surface area contributed by atoms with E-state index in [0.29, 0.717) is 13.0 Å². The Bertz CT molecular complexity index is 314. The van der Waals surface area contributed by atoms with E-state index in [9.17, 15) is 9.18 Å². The van der Waals surface area contributed by atoms with Gasteiger partial charge in [0.2, 0.25) is 0 Å². The van der Waals surface area contributed by atoms with Crippen LogP contribution in [-0.4, -0.2) is 41.4 Å². The zero-order valence-electron chi connectivity index (χ0n) is 10.6. The first kappa shape index (κ1) is 12.6. The van der Waals surface area contributed by atoms with Gasteiger partial charge in [0.05, 0.1) is 12.1 Å². The Morgan fingerprint density at radius 2 is 2.12 bits per heavy atom. The molecule has 0 radical (unpaired) electrons. The molecule has 2 N–H and O–H groups in total. The largest absolute Gasteiger partial charge is 0.444 e. The SMILES string of the molecule is CC(C)(C)OC(=O)N1C2C[C@H](C[C@@H]2F)[C@H]1CN. The number of nitrogens with zero attached hydrogens (tertiary/aromatic N) is 1. The second kappa shape index (κ2) is 4.12. The molecule has 2 rings (SSSR count). The van der Waals surface area contributed by atoms with Crippen molar-refractivity contribution in [2.24, 2.45) is 11.7 Å².